The van der Waals surface area contributed by atoms with Gasteiger partial charge in [0.15, 0.2) is 6.61 Å². The second-order valence-corrected chi connectivity index (χ2v) is 10.00. The Morgan fingerprint density at radius 1 is 1.05 bits per heavy atom. The summed E-state index contributed by atoms with van der Waals surface area (Å²) in [5.41, 5.74) is 0.982. The Bertz CT molecular complexity index is 1230. The molecule has 0 unspecified atom stereocenters. The minimum Gasteiger partial charge on any atom is -0.482 e. The number of carbonyl (C=O) groups is 4. The molecule has 0 aliphatic carbocycles. The van der Waals surface area contributed by atoms with Gasteiger partial charge in [-0.2, -0.15) is 0 Å². The van der Waals surface area contributed by atoms with E-state index in [2.05, 4.69) is 5.32 Å². The Hall–Kier alpha value is -3.37. The van der Waals surface area contributed by atoms with Gasteiger partial charge in [0, 0.05) is 18.8 Å². The van der Waals surface area contributed by atoms with Gasteiger partial charge < -0.3 is 15.0 Å². The molecule has 0 saturated carbocycles. The van der Waals surface area contributed by atoms with Crippen molar-refractivity contribution in [1.29, 1.82) is 0 Å². The average Bonchev–Trinajstić information content (AvgIpc) is 3.05. The fourth-order valence-corrected chi connectivity index (χ4v) is 5.02. The maximum atomic E-state index is 13.0. The van der Waals surface area contributed by atoms with E-state index in [0.717, 1.165) is 42.3 Å². The molecule has 0 radical (unpaired) electrons. The first kappa shape index (κ1) is 26.7. The Morgan fingerprint density at radius 2 is 1.76 bits per heavy atom. The van der Waals surface area contributed by atoms with Gasteiger partial charge in [0.05, 0.1) is 9.93 Å². The largest absolute Gasteiger partial charge is 0.482 e. The number of benzene rings is 2. The summed E-state index contributed by atoms with van der Waals surface area (Å²) >= 11 is 7.06. The fourth-order valence-electron chi connectivity index (χ4n) is 3.94. The molecule has 2 aromatic rings. The molecule has 4 rings (SSSR count). The molecule has 2 fully saturated rings. The van der Waals surface area contributed by atoms with Gasteiger partial charge in [0.25, 0.3) is 17.1 Å². The molecule has 2 aromatic carbocycles. The number of amides is 4. The van der Waals surface area contributed by atoms with E-state index in [-0.39, 0.29) is 34.7 Å². The SMILES string of the molecule is O=C(COc1ccc(C=C2SC(=O)N(CC(=O)N3CCCCCC3)C2=O)cc1Cl)Nc1ccc(F)cc1. The average molecular weight is 546 g/mol. The molecule has 11 heteroatoms. The second-order valence-electron chi connectivity index (χ2n) is 8.60. The summed E-state index contributed by atoms with van der Waals surface area (Å²) in [4.78, 5) is 52.9. The molecule has 2 saturated heterocycles. The van der Waals surface area contributed by atoms with E-state index >= 15 is 0 Å². The van der Waals surface area contributed by atoms with Crippen molar-refractivity contribution in [3.63, 3.8) is 0 Å². The number of imide groups is 1. The third-order valence-electron chi connectivity index (χ3n) is 5.87. The molecule has 8 nitrogen and oxygen atoms in total. The number of likely N-dealkylation sites (tertiary alicyclic amines) is 1. The molecule has 0 atom stereocenters. The first-order valence-electron chi connectivity index (χ1n) is 11.8. The third kappa shape index (κ3) is 7.11. The number of thioether (sulfide) groups is 1. The summed E-state index contributed by atoms with van der Waals surface area (Å²) in [6.07, 6.45) is 5.52. The molecular weight excluding hydrogens is 521 g/mol. The Morgan fingerprint density at radius 3 is 2.43 bits per heavy atom. The number of nitrogens with zero attached hydrogens (tertiary/aromatic N) is 2. The van der Waals surface area contributed by atoms with Crippen LogP contribution in [0.15, 0.2) is 47.4 Å². The van der Waals surface area contributed by atoms with Crippen LogP contribution in [-0.2, 0) is 14.4 Å². The molecule has 4 amide bonds. The smallest absolute Gasteiger partial charge is 0.294 e. The van der Waals surface area contributed by atoms with Crippen molar-refractivity contribution in [3.05, 3.63) is 63.8 Å². The van der Waals surface area contributed by atoms with Crippen LogP contribution in [0.4, 0.5) is 14.9 Å². The zero-order valence-corrected chi connectivity index (χ0v) is 21.4. The molecule has 1 N–H and O–H groups in total. The van der Waals surface area contributed by atoms with Gasteiger partial charge in [-0.3, -0.25) is 24.1 Å². The van der Waals surface area contributed by atoms with Crippen molar-refractivity contribution < 1.29 is 28.3 Å². The van der Waals surface area contributed by atoms with Crippen molar-refractivity contribution in [3.8, 4) is 5.75 Å². The molecule has 2 aliphatic rings. The minimum absolute atomic E-state index is 0.192. The van der Waals surface area contributed by atoms with E-state index in [9.17, 15) is 23.6 Å². The van der Waals surface area contributed by atoms with Gasteiger partial charge in [-0.15, -0.1) is 0 Å². The lowest BCUT2D eigenvalue weighted by atomic mass is 10.2. The molecule has 37 heavy (non-hydrogen) atoms. The van der Waals surface area contributed by atoms with Crippen LogP contribution in [-0.4, -0.2) is 59.0 Å². The van der Waals surface area contributed by atoms with Crippen LogP contribution in [0.2, 0.25) is 5.02 Å². The summed E-state index contributed by atoms with van der Waals surface area (Å²) in [5, 5.41) is 2.30. The Kier molecular flexibility index (Phi) is 8.83. The van der Waals surface area contributed by atoms with Gasteiger partial charge in [-0.1, -0.05) is 30.5 Å². The van der Waals surface area contributed by atoms with Crippen LogP contribution in [0.25, 0.3) is 6.08 Å². The topological polar surface area (TPSA) is 96.0 Å². The number of anilines is 1. The number of rotatable bonds is 7. The second kappa shape index (κ2) is 12.2. The number of halogens is 2. The standard InChI is InChI=1S/C26H25ClFN3O5S/c27-20-13-17(5-10-21(20)36-16-23(32)29-19-8-6-18(28)7-9-19)14-22-25(34)31(26(35)37-22)15-24(33)30-11-3-1-2-4-12-30/h5-10,13-14H,1-4,11-12,15-16H2,(H,29,32). The van der Waals surface area contributed by atoms with E-state index in [0.29, 0.717) is 24.3 Å². The maximum absolute atomic E-state index is 13.0. The van der Waals surface area contributed by atoms with E-state index < -0.39 is 22.9 Å². The van der Waals surface area contributed by atoms with E-state index in [1.807, 2.05) is 0 Å². The first-order valence-corrected chi connectivity index (χ1v) is 13.0. The molecule has 194 valence electrons. The molecule has 0 aromatic heterocycles. The minimum atomic E-state index is -0.521. The number of hydrogen-bond acceptors (Lipinski definition) is 6. The lowest BCUT2D eigenvalue weighted by Crippen LogP contribution is -2.42. The molecular formula is C26H25ClFN3O5S. The lowest BCUT2D eigenvalue weighted by molar-refractivity contribution is -0.135. The number of carbonyl (C=O) groups excluding carboxylic acids is 4. The van der Waals surface area contributed by atoms with Crippen molar-refractivity contribution in [1.82, 2.24) is 9.80 Å². The predicted molar refractivity (Wildman–Crippen MR) is 140 cm³/mol. The number of hydrogen-bond donors (Lipinski definition) is 1. The summed E-state index contributed by atoms with van der Waals surface area (Å²) in [7, 11) is 0. The van der Waals surface area contributed by atoms with Crippen LogP contribution in [0, 0.1) is 5.82 Å². The van der Waals surface area contributed by atoms with Crippen LogP contribution >= 0.6 is 23.4 Å². The van der Waals surface area contributed by atoms with Crippen LogP contribution in [0.5, 0.6) is 5.75 Å². The highest BCUT2D eigenvalue weighted by Gasteiger charge is 2.37. The highest BCUT2D eigenvalue weighted by molar-refractivity contribution is 8.18. The zero-order chi connectivity index (χ0) is 26.4. The van der Waals surface area contributed by atoms with Crippen LogP contribution in [0.1, 0.15) is 31.2 Å². The highest BCUT2D eigenvalue weighted by Crippen LogP contribution is 2.34. The molecule has 0 bridgehead atoms. The van der Waals surface area contributed by atoms with Gasteiger partial charge in [-0.25, -0.2) is 4.39 Å². The van der Waals surface area contributed by atoms with Crippen molar-refractivity contribution in [2.24, 2.45) is 0 Å². The maximum Gasteiger partial charge on any atom is 0.294 e. The van der Waals surface area contributed by atoms with Crippen molar-refractivity contribution in [2.75, 3.05) is 31.6 Å². The fraction of sp³-hybridized carbons (Fsp3) is 0.308. The monoisotopic (exact) mass is 545 g/mol. The Balaban J connectivity index is 1.34. The lowest BCUT2D eigenvalue weighted by Gasteiger charge is -2.22. The van der Waals surface area contributed by atoms with Gasteiger partial charge in [-0.05, 0) is 72.6 Å². The first-order chi connectivity index (χ1) is 17.8. The van der Waals surface area contributed by atoms with Crippen molar-refractivity contribution in [2.45, 2.75) is 25.7 Å². The summed E-state index contributed by atoms with van der Waals surface area (Å²) < 4.78 is 18.5. The predicted octanol–water partition coefficient (Wildman–Crippen LogP) is 4.94. The molecule has 2 aliphatic heterocycles. The van der Waals surface area contributed by atoms with Gasteiger partial charge in [0.1, 0.15) is 18.1 Å². The summed E-state index contributed by atoms with van der Waals surface area (Å²) in [5.74, 6) is -1.35. The molecule has 2 heterocycles. The van der Waals surface area contributed by atoms with Crippen LogP contribution in [0.3, 0.4) is 0 Å². The number of nitrogens with one attached hydrogen (secondary N) is 1. The number of ether oxygens (including phenoxy) is 1. The summed E-state index contributed by atoms with van der Waals surface area (Å²) in [6, 6.07) is 10.1. The van der Waals surface area contributed by atoms with E-state index in [1.165, 1.54) is 30.3 Å². The Labute approximate surface area is 222 Å². The quantitative estimate of drug-likeness (QED) is 0.495. The third-order valence-corrected chi connectivity index (χ3v) is 7.07. The molecule has 0 spiro atoms. The van der Waals surface area contributed by atoms with Gasteiger partial charge in [0.2, 0.25) is 5.91 Å². The van der Waals surface area contributed by atoms with E-state index in [4.69, 9.17) is 16.3 Å². The van der Waals surface area contributed by atoms with Crippen molar-refractivity contribution >= 4 is 58.1 Å². The summed E-state index contributed by atoms with van der Waals surface area (Å²) in [6.45, 7) is 0.702. The highest BCUT2D eigenvalue weighted by atomic mass is 35.5. The van der Waals surface area contributed by atoms with E-state index in [1.54, 1.807) is 23.1 Å². The normalized spacial score (nSPS) is 17.2. The van der Waals surface area contributed by atoms with Gasteiger partial charge >= 0.3 is 0 Å². The zero-order valence-electron chi connectivity index (χ0n) is 19.9. The van der Waals surface area contributed by atoms with Crippen LogP contribution < -0.4 is 10.1 Å².